The SMILES string of the molecule is CN(C[C@H]1N=NC2=C1CCC2)C(=O)c1coc(COc2cccc(F)c2)n1. The average molecular weight is 370 g/mol. The van der Waals surface area contributed by atoms with Gasteiger partial charge in [0.25, 0.3) is 5.91 Å². The molecular weight excluding hydrogens is 351 g/mol. The van der Waals surface area contributed by atoms with Crippen LogP contribution in [-0.2, 0) is 6.61 Å². The zero-order chi connectivity index (χ0) is 18.8. The summed E-state index contributed by atoms with van der Waals surface area (Å²) in [4.78, 5) is 18.3. The lowest BCUT2D eigenvalue weighted by molar-refractivity contribution is 0.0785. The average Bonchev–Trinajstić information content (AvgIpc) is 3.38. The molecule has 1 aromatic heterocycles. The fourth-order valence-corrected chi connectivity index (χ4v) is 3.30. The molecule has 0 N–H and O–H groups in total. The molecule has 0 spiro atoms. The Bertz CT molecular complexity index is 921. The van der Waals surface area contributed by atoms with E-state index in [0.29, 0.717) is 12.3 Å². The zero-order valence-electron chi connectivity index (χ0n) is 14.9. The first kappa shape index (κ1) is 17.4. The van der Waals surface area contributed by atoms with E-state index in [1.807, 2.05) is 0 Å². The molecule has 1 amide bonds. The number of ether oxygens (including phenoxy) is 1. The Morgan fingerprint density at radius 2 is 2.30 bits per heavy atom. The number of azo groups is 1. The molecule has 27 heavy (non-hydrogen) atoms. The summed E-state index contributed by atoms with van der Waals surface area (Å²) in [5.41, 5.74) is 2.53. The van der Waals surface area contributed by atoms with Crippen LogP contribution in [-0.4, -0.2) is 35.4 Å². The molecule has 0 fully saturated rings. The summed E-state index contributed by atoms with van der Waals surface area (Å²) in [6.45, 7) is 0.469. The number of amides is 1. The third-order valence-electron chi connectivity index (χ3n) is 4.67. The van der Waals surface area contributed by atoms with E-state index in [1.165, 1.54) is 24.0 Å². The number of aromatic nitrogens is 1. The van der Waals surface area contributed by atoms with Crippen LogP contribution >= 0.6 is 0 Å². The Balaban J connectivity index is 1.34. The Morgan fingerprint density at radius 3 is 3.15 bits per heavy atom. The third-order valence-corrected chi connectivity index (χ3v) is 4.67. The van der Waals surface area contributed by atoms with Gasteiger partial charge in [-0.15, -0.1) is 0 Å². The molecule has 0 unspecified atom stereocenters. The summed E-state index contributed by atoms with van der Waals surface area (Å²) in [7, 11) is 1.71. The van der Waals surface area contributed by atoms with Crippen LogP contribution in [0, 0.1) is 5.82 Å². The Morgan fingerprint density at radius 1 is 1.41 bits per heavy atom. The van der Waals surface area contributed by atoms with Gasteiger partial charge in [-0.1, -0.05) is 6.07 Å². The molecule has 1 aliphatic heterocycles. The minimum absolute atomic E-state index is 0.00747. The van der Waals surface area contributed by atoms with Crippen LogP contribution in [0.5, 0.6) is 5.75 Å². The van der Waals surface area contributed by atoms with Crippen molar-refractivity contribution in [2.45, 2.75) is 31.9 Å². The zero-order valence-corrected chi connectivity index (χ0v) is 14.9. The summed E-state index contributed by atoms with van der Waals surface area (Å²) in [5.74, 6) is -0.0252. The second kappa shape index (κ2) is 7.30. The first-order valence-electron chi connectivity index (χ1n) is 8.81. The maximum Gasteiger partial charge on any atom is 0.275 e. The smallest absolute Gasteiger partial charge is 0.275 e. The van der Waals surface area contributed by atoms with Crippen LogP contribution in [0.3, 0.4) is 0 Å². The predicted molar refractivity (Wildman–Crippen MR) is 93.7 cm³/mol. The van der Waals surface area contributed by atoms with E-state index in [9.17, 15) is 9.18 Å². The molecule has 1 aromatic carbocycles. The molecule has 0 radical (unpaired) electrons. The quantitative estimate of drug-likeness (QED) is 0.776. The number of allylic oxidation sites excluding steroid dienone is 1. The molecule has 2 aliphatic rings. The molecule has 0 saturated carbocycles. The highest BCUT2D eigenvalue weighted by Gasteiger charge is 2.30. The summed E-state index contributed by atoms with van der Waals surface area (Å²) in [5, 5.41) is 8.49. The molecule has 2 heterocycles. The second-order valence-electron chi connectivity index (χ2n) is 6.61. The van der Waals surface area contributed by atoms with Crippen molar-refractivity contribution in [3.05, 3.63) is 59.2 Å². The summed E-state index contributed by atoms with van der Waals surface area (Å²) in [6, 6.07) is 5.73. The van der Waals surface area contributed by atoms with Gasteiger partial charge in [0, 0.05) is 19.7 Å². The molecule has 7 nitrogen and oxygen atoms in total. The Labute approximate surface area is 155 Å². The minimum Gasteiger partial charge on any atom is -0.484 e. The number of likely N-dealkylation sites (N-methyl/N-ethyl adjacent to an activating group) is 1. The molecule has 0 bridgehead atoms. The maximum absolute atomic E-state index is 13.2. The maximum atomic E-state index is 13.2. The van der Waals surface area contributed by atoms with E-state index in [0.717, 1.165) is 25.0 Å². The summed E-state index contributed by atoms with van der Waals surface area (Å²) in [6.07, 6.45) is 4.39. The molecule has 4 rings (SSSR count). The van der Waals surface area contributed by atoms with Gasteiger partial charge < -0.3 is 14.1 Å². The van der Waals surface area contributed by atoms with Gasteiger partial charge in [0.1, 0.15) is 23.9 Å². The molecule has 0 saturated heterocycles. The number of oxazole rings is 1. The van der Waals surface area contributed by atoms with Crippen molar-refractivity contribution >= 4 is 5.91 Å². The number of carbonyl (C=O) groups is 1. The standard InChI is InChI=1S/C19H19FN4O3/c1-24(9-16-14-6-3-7-15(14)22-23-16)19(25)17-10-27-18(21-17)11-26-13-5-2-4-12(20)8-13/h2,4-5,8,10,16H,3,6-7,9,11H2,1H3/t16-/m1/s1. The summed E-state index contributed by atoms with van der Waals surface area (Å²) >= 11 is 0. The fraction of sp³-hybridized carbons (Fsp3) is 0.368. The summed E-state index contributed by atoms with van der Waals surface area (Å²) < 4.78 is 23.9. The number of hydrogen-bond acceptors (Lipinski definition) is 6. The first-order chi connectivity index (χ1) is 13.1. The van der Waals surface area contributed by atoms with E-state index in [2.05, 4.69) is 15.2 Å². The van der Waals surface area contributed by atoms with Gasteiger partial charge in [-0.3, -0.25) is 4.79 Å². The molecule has 140 valence electrons. The lowest BCUT2D eigenvalue weighted by Gasteiger charge is -2.19. The molecule has 2 aromatic rings. The number of halogens is 1. The van der Waals surface area contributed by atoms with Gasteiger partial charge in [0.2, 0.25) is 5.89 Å². The highest BCUT2D eigenvalue weighted by Crippen LogP contribution is 2.35. The van der Waals surface area contributed by atoms with Crippen molar-refractivity contribution in [1.29, 1.82) is 0 Å². The van der Waals surface area contributed by atoms with Gasteiger partial charge in [-0.2, -0.15) is 10.2 Å². The largest absolute Gasteiger partial charge is 0.484 e. The van der Waals surface area contributed by atoms with Gasteiger partial charge in [-0.05, 0) is 37.0 Å². The fourth-order valence-electron chi connectivity index (χ4n) is 3.30. The predicted octanol–water partition coefficient (Wildman–Crippen LogP) is 3.74. The molecule has 1 aliphatic carbocycles. The Hall–Kier alpha value is -3.03. The number of carbonyl (C=O) groups excluding carboxylic acids is 1. The van der Waals surface area contributed by atoms with Crippen LogP contribution < -0.4 is 4.74 Å². The Kier molecular flexibility index (Phi) is 4.70. The topological polar surface area (TPSA) is 80.3 Å². The van der Waals surface area contributed by atoms with E-state index < -0.39 is 0 Å². The van der Waals surface area contributed by atoms with Crippen LogP contribution in [0.2, 0.25) is 0 Å². The van der Waals surface area contributed by atoms with E-state index >= 15 is 0 Å². The van der Waals surface area contributed by atoms with Crippen molar-refractivity contribution in [3.8, 4) is 5.75 Å². The number of benzene rings is 1. The minimum atomic E-state index is -0.387. The highest BCUT2D eigenvalue weighted by atomic mass is 19.1. The van der Waals surface area contributed by atoms with Gasteiger partial charge >= 0.3 is 0 Å². The first-order valence-corrected chi connectivity index (χ1v) is 8.81. The van der Waals surface area contributed by atoms with Crippen molar-refractivity contribution in [2.24, 2.45) is 10.2 Å². The highest BCUT2D eigenvalue weighted by molar-refractivity contribution is 5.91. The lowest BCUT2D eigenvalue weighted by atomic mass is 10.1. The van der Waals surface area contributed by atoms with E-state index in [1.54, 1.807) is 24.1 Å². The second-order valence-corrected chi connectivity index (χ2v) is 6.61. The van der Waals surface area contributed by atoms with Crippen molar-refractivity contribution in [2.75, 3.05) is 13.6 Å². The van der Waals surface area contributed by atoms with Gasteiger partial charge in [0.05, 0.1) is 5.70 Å². The van der Waals surface area contributed by atoms with Crippen molar-refractivity contribution in [1.82, 2.24) is 9.88 Å². The van der Waals surface area contributed by atoms with Crippen LogP contribution in [0.1, 0.15) is 35.6 Å². The van der Waals surface area contributed by atoms with Crippen LogP contribution in [0.4, 0.5) is 4.39 Å². The van der Waals surface area contributed by atoms with E-state index in [-0.39, 0.29) is 36.0 Å². The lowest BCUT2D eigenvalue weighted by Crippen LogP contribution is -2.34. The molecular formula is C19H19FN4O3. The monoisotopic (exact) mass is 370 g/mol. The molecule has 1 atom stereocenters. The van der Waals surface area contributed by atoms with Crippen molar-refractivity contribution in [3.63, 3.8) is 0 Å². The normalized spacial score (nSPS) is 18.1. The third kappa shape index (κ3) is 3.74. The number of rotatable bonds is 6. The molecule has 8 heteroatoms. The number of nitrogens with zero attached hydrogens (tertiary/aromatic N) is 4. The van der Waals surface area contributed by atoms with Crippen LogP contribution in [0.25, 0.3) is 0 Å². The number of hydrogen-bond donors (Lipinski definition) is 0. The van der Waals surface area contributed by atoms with E-state index in [4.69, 9.17) is 9.15 Å². The van der Waals surface area contributed by atoms with Gasteiger partial charge in [0.15, 0.2) is 12.3 Å². The van der Waals surface area contributed by atoms with Crippen LogP contribution in [0.15, 0.2) is 56.4 Å². The van der Waals surface area contributed by atoms with Crippen molar-refractivity contribution < 1.29 is 18.3 Å². The van der Waals surface area contributed by atoms with Gasteiger partial charge in [-0.25, -0.2) is 9.37 Å².